The van der Waals surface area contributed by atoms with E-state index in [-0.39, 0.29) is 0 Å². The summed E-state index contributed by atoms with van der Waals surface area (Å²) in [6.07, 6.45) is 3.77. The van der Waals surface area contributed by atoms with Crippen molar-refractivity contribution >= 4 is 10.9 Å². The van der Waals surface area contributed by atoms with Gasteiger partial charge in [0.25, 0.3) is 0 Å². The van der Waals surface area contributed by atoms with Crippen LogP contribution in [0.15, 0.2) is 42.7 Å². The van der Waals surface area contributed by atoms with Gasteiger partial charge in [-0.15, -0.1) is 0 Å². The van der Waals surface area contributed by atoms with Crippen molar-refractivity contribution < 1.29 is 0 Å². The Morgan fingerprint density at radius 2 is 2.11 bits per heavy atom. The normalized spacial score (nSPS) is 11.0. The number of aromatic nitrogens is 3. The van der Waals surface area contributed by atoms with Crippen molar-refractivity contribution in [1.82, 2.24) is 20.3 Å². The first-order chi connectivity index (χ1) is 9.33. The van der Waals surface area contributed by atoms with Crippen LogP contribution < -0.4 is 5.32 Å². The molecule has 0 aliphatic rings. The van der Waals surface area contributed by atoms with E-state index in [0.29, 0.717) is 0 Å². The molecule has 19 heavy (non-hydrogen) atoms. The Bertz CT molecular complexity index is 687. The Hall–Kier alpha value is -2.20. The monoisotopic (exact) mass is 252 g/mol. The second-order valence-corrected chi connectivity index (χ2v) is 4.55. The maximum absolute atomic E-state index is 4.38. The fourth-order valence-corrected chi connectivity index (χ4v) is 2.23. The number of rotatable bonds is 4. The second kappa shape index (κ2) is 5.20. The number of aryl methyl sites for hydroxylation is 1. The Kier molecular flexibility index (Phi) is 3.25. The van der Waals surface area contributed by atoms with Gasteiger partial charge in [0.1, 0.15) is 5.82 Å². The summed E-state index contributed by atoms with van der Waals surface area (Å²) in [6.45, 7) is 3.49. The Morgan fingerprint density at radius 3 is 3.00 bits per heavy atom. The topological polar surface area (TPSA) is 53.6 Å². The molecular weight excluding hydrogens is 236 g/mol. The summed E-state index contributed by atoms with van der Waals surface area (Å²) in [5.41, 5.74) is 3.50. The number of hydrogen-bond acceptors (Lipinski definition) is 3. The molecule has 0 aliphatic heterocycles. The third-order valence-electron chi connectivity index (χ3n) is 3.14. The van der Waals surface area contributed by atoms with Crippen molar-refractivity contribution in [1.29, 1.82) is 0 Å². The zero-order chi connectivity index (χ0) is 13.1. The Morgan fingerprint density at radius 1 is 1.16 bits per heavy atom. The van der Waals surface area contributed by atoms with Gasteiger partial charge in [-0.05, 0) is 30.7 Å². The number of H-pyrrole nitrogens is 1. The van der Waals surface area contributed by atoms with Crippen LogP contribution in [0.5, 0.6) is 0 Å². The first-order valence-corrected chi connectivity index (χ1v) is 6.37. The summed E-state index contributed by atoms with van der Waals surface area (Å²) in [7, 11) is 0. The Balaban J connectivity index is 1.68. The molecule has 0 saturated carbocycles. The molecule has 4 heteroatoms. The summed E-state index contributed by atoms with van der Waals surface area (Å²) >= 11 is 0. The summed E-state index contributed by atoms with van der Waals surface area (Å²) < 4.78 is 0. The van der Waals surface area contributed by atoms with Crippen LogP contribution >= 0.6 is 0 Å². The van der Waals surface area contributed by atoms with Crippen LogP contribution in [0.2, 0.25) is 0 Å². The molecule has 3 rings (SSSR count). The lowest BCUT2D eigenvalue weighted by Crippen LogP contribution is -2.14. The highest BCUT2D eigenvalue weighted by Gasteiger charge is 2.01. The van der Waals surface area contributed by atoms with E-state index in [1.54, 1.807) is 6.20 Å². The average Bonchev–Trinajstić information content (AvgIpc) is 2.88. The Labute approximate surface area is 111 Å². The number of fused-ring (bicyclic) bond motifs is 1. The van der Waals surface area contributed by atoms with Crippen LogP contribution in [-0.4, -0.2) is 15.0 Å². The fourth-order valence-electron chi connectivity index (χ4n) is 2.23. The van der Waals surface area contributed by atoms with E-state index in [0.717, 1.165) is 24.6 Å². The lowest BCUT2D eigenvalue weighted by molar-refractivity contribution is 0.678. The molecule has 4 nitrogen and oxygen atoms in total. The number of nitrogens with zero attached hydrogens (tertiary/aromatic N) is 2. The lowest BCUT2D eigenvalue weighted by atomic mass is 10.1. The van der Waals surface area contributed by atoms with Crippen molar-refractivity contribution in [2.45, 2.75) is 20.0 Å². The van der Waals surface area contributed by atoms with Gasteiger partial charge >= 0.3 is 0 Å². The predicted octanol–water partition coefficient (Wildman–Crippen LogP) is 2.56. The van der Waals surface area contributed by atoms with Gasteiger partial charge in [-0.2, -0.15) is 0 Å². The highest BCUT2D eigenvalue weighted by Crippen LogP contribution is 2.17. The van der Waals surface area contributed by atoms with Gasteiger partial charge in [0.05, 0.1) is 5.69 Å². The smallest absolute Gasteiger partial charge is 0.125 e. The molecule has 0 saturated heterocycles. The molecule has 2 N–H and O–H groups in total. The quantitative estimate of drug-likeness (QED) is 0.750. The van der Waals surface area contributed by atoms with E-state index in [4.69, 9.17) is 0 Å². The summed E-state index contributed by atoms with van der Waals surface area (Å²) in [5.74, 6) is 0.812. The lowest BCUT2D eigenvalue weighted by Gasteiger charge is -2.06. The van der Waals surface area contributed by atoms with Gasteiger partial charge in [0.2, 0.25) is 0 Å². The molecular formula is C15H16N4. The zero-order valence-corrected chi connectivity index (χ0v) is 10.9. The van der Waals surface area contributed by atoms with Crippen LogP contribution in [0.4, 0.5) is 0 Å². The molecule has 0 spiro atoms. The third kappa shape index (κ3) is 2.63. The van der Waals surface area contributed by atoms with Gasteiger partial charge < -0.3 is 10.3 Å². The maximum Gasteiger partial charge on any atom is 0.125 e. The van der Waals surface area contributed by atoms with Crippen molar-refractivity contribution in [3.05, 3.63) is 59.8 Å². The van der Waals surface area contributed by atoms with Crippen molar-refractivity contribution in [2.75, 3.05) is 0 Å². The van der Waals surface area contributed by atoms with Crippen LogP contribution in [-0.2, 0) is 13.1 Å². The van der Waals surface area contributed by atoms with E-state index < -0.39 is 0 Å². The largest absolute Gasteiger partial charge is 0.361 e. The van der Waals surface area contributed by atoms with Gasteiger partial charge in [-0.3, -0.25) is 0 Å². The third-order valence-corrected chi connectivity index (χ3v) is 3.14. The van der Waals surface area contributed by atoms with Crippen molar-refractivity contribution in [3.8, 4) is 0 Å². The minimum atomic E-state index is 0.754. The standard InChI is InChI=1S/C15H16N4/c1-11-17-7-5-13(19-11)10-16-9-12-3-2-4-15-14(12)6-8-18-15/h2-8,16,18H,9-10H2,1H3. The maximum atomic E-state index is 4.38. The van der Waals surface area contributed by atoms with Gasteiger partial charge in [-0.25, -0.2) is 9.97 Å². The zero-order valence-electron chi connectivity index (χ0n) is 10.9. The number of benzene rings is 1. The van der Waals surface area contributed by atoms with Crippen LogP contribution in [0.3, 0.4) is 0 Å². The van der Waals surface area contributed by atoms with Crippen molar-refractivity contribution in [3.63, 3.8) is 0 Å². The van der Waals surface area contributed by atoms with Gasteiger partial charge in [-0.1, -0.05) is 12.1 Å². The first kappa shape index (κ1) is 11.9. The molecule has 0 radical (unpaired) electrons. The second-order valence-electron chi connectivity index (χ2n) is 4.55. The molecule has 0 unspecified atom stereocenters. The van der Waals surface area contributed by atoms with Gasteiger partial charge in [0, 0.05) is 36.4 Å². The number of aromatic amines is 1. The molecule has 0 amide bonds. The minimum absolute atomic E-state index is 0.754. The van der Waals surface area contributed by atoms with E-state index in [1.807, 2.05) is 19.2 Å². The van der Waals surface area contributed by atoms with Gasteiger partial charge in [0.15, 0.2) is 0 Å². The molecule has 1 aromatic carbocycles. The van der Waals surface area contributed by atoms with E-state index in [2.05, 4.69) is 44.5 Å². The molecule has 2 heterocycles. The van der Waals surface area contributed by atoms with Crippen LogP contribution in [0.25, 0.3) is 10.9 Å². The van der Waals surface area contributed by atoms with E-state index in [9.17, 15) is 0 Å². The fraction of sp³-hybridized carbons (Fsp3) is 0.200. The first-order valence-electron chi connectivity index (χ1n) is 6.37. The summed E-state index contributed by atoms with van der Waals surface area (Å²) in [6, 6.07) is 10.4. The van der Waals surface area contributed by atoms with Crippen LogP contribution in [0, 0.1) is 6.92 Å². The summed E-state index contributed by atoms with van der Waals surface area (Å²) in [5, 5.41) is 4.70. The molecule has 0 bridgehead atoms. The SMILES string of the molecule is Cc1nccc(CNCc2cccc3[nH]ccc23)n1. The molecule has 0 atom stereocenters. The molecule has 3 aromatic rings. The number of hydrogen-bond donors (Lipinski definition) is 2. The summed E-state index contributed by atoms with van der Waals surface area (Å²) in [4.78, 5) is 11.7. The molecule has 0 fully saturated rings. The minimum Gasteiger partial charge on any atom is -0.361 e. The molecule has 0 aliphatic carbocycles. The van der Waals surface area contributed by atoms with E-state index >= 15 is 0 Å². The highest BCUT2D eigenvalue weighted by molar-refractivity contribution is 5.82. The predicted molar refractivity (Wildman–Crippen MR) is 75.6 cm³/mol. The van der Waals surface area contributed by atoms with E-state index in [1.165, 1.54) is 16.5 Å². The molecule has 96 valence electrons. The highest BCUT2D eigenvalue weighted by atomic mass is 14.9. The average molecular weight is 252 g/mol. The van der Waals surface area contributed by atoms with Crippen LogP contribution in [0.1, 0.15) is 17.1 Å². The number of nitrogens with one attached hydrogen (secondary N) is 2. The van der Waals surface area contributed by atoms with Crippen molar-refractivity contribution in [2.24, 2.45) is 0 Å². The molecule has 2 aromatic heterocycles.